The maximum atomic E-state index is 12.5. The predicted octanol–water partition coefficient (Wildman–Crippen LogP) is 2.99. The Morgan fingerprint density at radius 3 is 2.00 bits per heavy atom. The fourth-order valence-corrected chi connectivity index (χ4v) is 1.30. The Hall–Kier alpha value is -1.10. The second-order valence-electron chi connectivity index (χ2n) is 3.57. The Morgan fingerprint density at radius 2 is 1.60 bits per heavy atom. The summed E-state index contributed by atoms with van der Waals surface area (Å²) in [6.45, 7) is 1.05. The molecule has 0 heterocycles. The van der Waals surface area contributed by atoms with Crippen molar-refractivity contribution < 1.29 is 22.7 Å². The molecule has 0 fully saturated rings. The van der Waals surface area contributed by atoms with Crippen molar-refractivity contribution in [2.24, 2.45) is 0 Å². The Balaban J connectivity index is 2.90. The maximum Gasteiger partial charge on any atom is 0.392 e. The van der Waals surface area contributed by atoms with Gasteiger partial charge in [-0.3, -0.25) is 0 Å². The summed E-state index contributed by atoms with van der Waals surface area (Å²) in [5, 5.41) is 9.57. The Bertz CT molecular complexity index is 326. The molecule has 0 amide bonds. The van der Waals surface area contributed by atoms with Crippen LogP contribution in [0.5, 0.6) is 0 Å². The van der Waals surface area contributed by atoms with Gasteiger partial charge in [-0.15, -0.1) is 0 Å². The number of hydrogen-bond acceptors (Lipinski definition) is 1. The summed E-state index contributed by atoms with van der Waals surface area (Å²) in [6, 6.07) is 4.31. The van der Waals surface area contributed by atoms with Crippen LogP contribution in [0, 0.1) is 5.82 Å². The van der Waals surface area contributed by atoms with Crippen molar-refractivity contribution >= 4 is 0 Å². The summed E-state index contributed by atoms with van der Waals surface area (Å²) in [4.78, 5) is 0. The van der Waals surface area contributed by atoms with E-state index < -0.39 is 24.0 Å². The van der Waals surface area contributed by atoms with Crippen LogP contribution in [0.3, 0.4) is 0 Å². The van der Waals surface area contributed by atoms with Gasteiger partial charge in [-0.25, -0.2) is 4.39 Å². The van der Waals surface area contributed by atoms with Gasteiger partial charge in [-0.05, 0) is 24.6 Å². The van der Waals surface area contributed by atoms with E-state index in [1.54, 1.807) is 0 Å². The summed E-state index contributed by atoms with van der Waals surface area (Å²) >= 11 is 0. The molecule has 84 valence electrons. The highest BCUT2D eigenvalue weighted by atomic mass is 19.4. The molecule has 1 unspecified atom stereocenters. The van der Waals surface area contributed by atoms with Crippen LogP contribution in [-0.2, 0) is 5.60 Å². The Kier molecular flexibility index (Phi) is 3.04. The first-order valence-electron chi connectivity index (χ1n) is 4.26. The summed E-state index contributed by atoms with van der Waals surface area (Å²) in [6.07, 6.45) is -5.82. The largest absolute Gasteiger partial charge is 0.392 e. The minimum atomic E-state index is -4.46. The second-order valence-corrected chi connectivity index (χ2v) is 3.57. The highest BCUT2D eigenvalue weighted by Gasteiger charge is 2.39. The van der Waals surface area contributed by atoms with Crippen molar-refractivity contribution in [1.82, 2.24) is 0 Å². The fourth-order valence-electron chi connectivity index (χ4n) is 1.30. The normalized spacial score (nSPS) is 16.1. The van der Waals surface area contributed by atoms with Crippen molar-refractivity contribution in [1.29, 1.82) is 0 Å². The van der Waals surface area contributed by atoms with Crippen LogP contribution in [0.15, 0.2) is 24.3 Å². The average Bonchev–Trinajstić information content (AvgIpc) is 2.00. The Morgan fingerprint density at radius 1 is 1.13 bits per heavy atom. The molecule has 1 N–H and O–H groups in total. The van der Waals surface area contributed by atoms with Gasteiger partial charge in [-0.2, -0.15) is 13.2 Å². The molecular weight excluding hydrogens is 212 g/mol. The molecule has 0 spiro atoms. The lowest BCUT2D eigenvalue weighted by Gasteiger charge is -2.25. The van der Waals surface area contributed by atoms with Crippen LogP contribution < -0.4 is 0 Å². The third-order valence-corrected chi connectivity index (χ3v) is 2.01. The zero-order valence-corrected chi connectivity index (χ0v) is 7.98. The number of benzene rings is 1. The van der Waals surface area contributed by atoms with E-state index in [0.717, 1.165) is 31.2 Å². The van der Waals surface area contributed by atoms with Gasteiger partial charge in [0.1, 0.15) is 5.82 Å². The molecule has 1 nitrogen and oxygen atoms in total. The molecular formula is C10H10F4O. The van der Waals surface area contributed by atoms with Crippen molar-refractivity contribution in [2.45, 2.75) is 25.1 Å². The van der Waals surface area contributed by atoms with Gasteiger partial charge >= 0.3 is 6.18 Å². The lowest BCUT2D eigenvalue weighted by atomic mass is 9.92. The lowest BCUT2D eigenvalue weighted by Crippen LogP contribution is -2.28. The molecule has 15 heavy (non-hydrogen) atoms. The summed E-state index contributed by atoms with van der Waals surface area (Å²) in [5.74, 6) is -0.554. The van der Waals surface area contributed by atoms with Crippen LogP contribution in [0.25, 0.3) is 0 Å². The molecule has 0 saturated heterocycles. The SMILES string of the molecule is CC(O)(CC(F)(F)F)c1ccc(F)cc1. The number of rotatable bonds is 2. The van der Waals surface area contributed by atoms with E-state index in [1.807, 2.05) is 0 Å². The molecule has 1 aromatic rings. The quantitative estimate of drug-likeness (QED) is 0.762. The first kappa shape index (κ1) is 12.0. The van der Waals surface area contributed by atoms with Crippen molar-refractivity contribution in [3.05, 3.63) is 35.6 Å². The summed E-state index contributed by atoms with van der Waals surface area (Å²) in [5.41, 5.74) is -1.98. The molecule has 0 aliphatic carbocycles. The van der Waals surface area contributed by atoms with Gasteiger partial charge < -0.3 is 5.11 Å². The standard InChI is InChI=1S/C10H10F4O/c1-9(15,6-10(12,13)14)7-2-4-8(11)5-3-7/h2-5,15H,6H2,1H3. The smallest absolute Gasteiger partial charge is 0.385 e. The second kappa shape index (κ2) is 3.81. The van der Waals surface area contributed by atoms with Gasteiger partial charge in [-0.1, -0.05) is 12.1 Å². The van der Waals surface area contributed by atoms with Gasteiger partial charge in [0.15, 0.2) is 0 Å². The van der Waals surface area contributed by atoms with Gasteiger partial charge in [0.05, 0.1) is 12.0 Å². The molecule has 0 saturated carbocycles. The third kappa shape index (κ3) is 3.51. The van der Waals surface area contributed by atoms with Crippen LogP contribution in [-0.4, -0.2) is 11.3 Å². The van der Waals surface area contributed by atoms with Crippen LogP contribution in [0.1, 0.15) is 18.9 Å². The topological polar surface area (TPSA) is 20.2 Å². The highest BCUT2D eigenvalue weighted by molar-refractivity contribution is 5.22. The van der Waals surface area contributed by atoms with Gasteiger partial charge in [0.2, 0.25) is 0 Å². The zero-order chi connectivity index (χ0) is 11.7. The van der Waals surface area contributed by atoms with E-state index in [2.05, 4.69) is 0 Å². The number of aliphatic hydroxyl groups is 1. The van der Waals surface area contributed by atoms with E-state index in [9.17, 15) is 22.7 Å². The van der Waals surface area contributed by atoms with Crippen LogP contribution >= 0.6 is 0 Å². The molecule has 5 heteroatoms. The van der Waals surface area contributed by atoms with Crippen molar-refractivity contribution in [3.63, 3.8) is 0 Å². The Labute approximate surface area is 84.3 Å². The van der Waals surface area contributed by atoms with E-state index in [0.29, 0.717) is 0 Å². The molecule has 0 bridgehead atoms. The highest BCUT2D eigenvalue weighted by Crippen LogP contribution is 2.34. The number of alkyl halides is 3. The minimum absolute atomic E-state index is 0.0428. The number of hydrogen-bond donors (Lipinski definition) is 1. The van der Waals surface area contributed by atoms with E-state index in [4.69, 9.17) is 0 Å². The molecule has 1 aromatic carbocycles. The predicted molar refractivity (Wildman–Crippen MR) is 46.6 cm³/mol. The first-order chi connectivity index (χ1) is 6.71. The van der Waals surface area contributed by atoms with Crippen molar-refractivity contribution in [2.75, 3.05) is 0 Å². The van der Waals surface area contributed by atoms with E-state index in [1.165, 1.54) is 0 Å². The molecule has 1 atom stereocenters. The van der Waals surface area contributed by atoms with Crippen LogP contribution in [0.4, 0.5) is 17.6 Å². The maximum absolute atomic E-state index is 12.5. The van der Waals surface area contributed by atoms with Gasteiger partial charge in [0.25, 0.3) is 0 Å². The van der Waals surface area contributed by atoms with E-state index in [-0.39, 0.29) is 5.56 Å². The number of halogens is 4. The van der Waals surface area contributed by atoms with Crippen molar-refractivity contribution in [3.8, 4) is 0 Å². The monoisotopic (exact) mass is 222 g/mol. The van der Waals surface area contributed by atoms with Crippen LogP contribution in [0.2, 0.25) is 0 Å². The molecule has 1 rings (SSSR count). The zero-order valence-electron chi connectivity index (χ0n) is 7.98. The average molecular weight is 222 g/mol. The summed E-state index contributed by atoms with van der Waals surface area (Å²) < 4.78 is 48.8. The molecule has 0 aliphatic rings. The third-order valence-electron chi connectivity index (χ3n) is 2.01. The first-order valence-corrected chi connectivity index (χ1v) is 4.26. The molecule has 0 aliphatic heterocycles. The van der Waals surface area contributed by atoms with Gasteiger partial charge in [0, 0.05) is 0 Å². The molecule has 0 radical (unpaired) electrons. The molecule has 0 aromatic heterocycles. The fraction of sp³-hybridized carbons (Fsp3) is 0.400. The lowest BCUT2D eigenvalue weighted by molar-refractivity contribution is -0.174. The van der Waals surface area contributed by atoms with E-state index >= 15 is 0 Å². The minimum Gasteiger partial charge on any atom is -0.385 e. The summed E-state index contributed by atoms with van der Waals surface area (Å²) in [7, 11) is 0.